The highest BCUT2D eigenvalue weighted by atomic mass is 79.9. The third-order valence-electron chi connectivity index (χ3n) is 2.94. The summed E-state index contributed by atoms with van der Waals surface area (Å²) in [4.78, 5) is -0.585. The van der Waals surface area contributed by atoms with Crippen molar-refractivity contribution in [3.63, 3.8) is 0 Å². The summed E-state index contributed by atoms with van der Waals surface area (Å²) in [6, 6.07) is 8.49. The number of alkyl halides is 1. The molecular formula is C16H14BrF3O. The molecule has 0 aliphatic carbocycles. The minimum atomic E-state index is -1.20. The van der Waals surface area contributed by atoms with Gasteiger partial charge in [-0.05, 0) is 30.2 Å². The van der Waals surface area contributed by atoms with Crippen molar-refractivity contribution in [2.45, 2.75) is 18.2 Å². The number of halogens is 4. The molecule has 0 aromatic heterocycles. The fraction of sp³-hybridized carbons (Fsp3) is 0.250. The largest absolute Gasteiger partial charge is 0.494 e. The standard InChI is InChI=1S/C16H14BrF3O/c1-2-6-21-11-5-3-4-10(7-11)16(17)12-8-14(19)15(20)9-13(12)18/h3-5,7-9,16H,2,6H2,1H3. The molecule has 1 atom stereocenters. The van der Waals surface area contributed by atoms with Gasteiger partial charge in [-0.2, -0.15) is 0 Å². The summed E-state index contributed by atoms with van der Waals surface area (Å²) in [6.45, 7) is 2.57. The quantitative estimate of drug-likeness (QED) is 0.515. The second-order valence-electron chi connectivity index (χ2n) is 4.57. The third-order valence-corrected chi connectivity index (χ3v) is 3.96. The lowest BCUT2D eigenvalue weighted by Crippen LogP contribution is -2.01. The van der Waals surface area contributed by atoms with Gasteiger partial charge in [0.05, 0.1) is 11.4 Å². The number of hydrogen-bond acceptors (Lipinski definition) is 1. The van der Waals surface area contributed by atoms with Crippen molar-refractivity contribution < 1.29 is 17.9 Å². The fourth-order valence-electron chi connectivity index (χ4n) is 1.89. The van der Waals surface area contributed by atoms with E-state index >= 15 is 0 Å². The highest BCUT2D eigenvalue weighted by Gasteiger charge is 2.18. The van der Waals surface area contributed by atoms with E-state index in [1.807, 2.05) is 6.92 Å². The highest BCUT2D eigenvalue weighted by molar-refractivity contribution is 9.09. The molecule has 0 spiro atoms. The Labute approximate surface area is 129 Å². The van der Waals surface area contributed by atoms with Crippen LogP contribution in [0.25, 0.3) is 0 Å². The van der Waals surface area contributed by atoms with Crippen molar-refractivity contribution in [3.05, 3.63) is 65.0 Å². The van der Waals surface area contributed by atoms with Crippen molar-refractivity contribution in [1.82, 2.24) is 0 Å². The second-order valence-corrected chi connectivity index (χ2v) is 5.49. The molecule has 0 saturated heterocycles. The molecule has 2 aromatic rings. The summed E-state index contributed by atoms with van der Waals surface area (Å²) in [5.74, 6) is -2.41. The van der Waals surface area contributed by atoms with E-state index in [1.165, 1.54) is 0 Å². The van der Waals surface area contributed by atoms with Crippen LogP contribution in [0.1, 0.15) is 29.3 Å². The van der Waals surface area contributed by atoms with Gasteiger partial charge < -0.3 is 4.74 Å². The van der Waals surface area contributed by atoms with E-state index in [1.54, 1.807) is 24.3 Å². The van der Waals surface area contributed by atoms with Crippen LogP contribution in [0.5, 0.6) is 5.75 Å². The van der Waals surface area contributed by atoms with E-state index in [2.05, 4.69) is 15.9 Å². The first kappa shape index (κ1) is 15.9. The minimum absolute atomic E-state index is 0.0431. The Hall–Kier alpha value is -1.49. The molecule has 21 heavy (non-hydrogen) atoms. The lowest BCUT2D eigenvalue weighted by Gasteiger charge is -2.14. The predicted octanol–water partition coefficient (Wildman–Crippen LogP) is 5.38. The Morgan fingerprint density at radius 1 is 1.05 bits per heavy atom. The Balaban J connectivity index is 2.31. The van der Waals surface area contributed by atoms with E-state index in [9.17, 15) is 13.2 Å². The molecule has 0 saturated carbocycles. The molecule has 5 heteroatoms. The molecule has 0 N–H and O–H groups in total. The van der Waals surface area contributed by atoms with Gasteiger partial charge in [-0.15, -0.1) is 0 Å². The molecule has 0 heterocycles. The van der Waals surface area contributed by atoms with Crippen LogP contribution in [0.3, 0.4) is 0 Å². The molecule has 0 amide bonds. The maximum Gasteiger partial charge on any atom is 0.161 e. The van der Waals surface area contributed by atoms with E-state index in [-0.39, 0.29) is 5.56 Å². The van der Waals surface area contributed by atoms with Gasteiger partial charge in [0.2, 0.25) is 0 Å². The molecular weight excluding hydrogens is 345 g/mol. The normalized spacial score (nSPS) is 12.2. The van der Waals surface area contributed by atoms with Gasteiger partial charge in [0, 0.05) is 11.6 Å². The first-order valence-electron chi connectivity index (χ1n) is 6.54. The number of rotatable bonds is 5. The molecule has 0 bridgehead atoms. The average molecular weight is 359 g/mol. The summed E-state index contributed by atoms with van der Waals surface area (Å²) in [5, 5.41) is 0. The predicted molar refractivity (Wildman–Crippen MR) is 79.3 cm³/mol. The SMILES string of the molecule is CCCOc1cccc(C(Br)c2cc(F)c(F)cc2F)c1. The Morgan fingerprint density at radius 3 is 2.48 bits per heavy atom. The molecule has 0 radical (unpaired) electrons. The topological polar surface area (TPSA) is 9.23 Å². The highest BCUT2D eigenvalue weighted by Crippen LogP contribution is 2.34. The zero-order chi connectivity index (χ0) is 15.4. The second kappa shape index (κ2) is 6.98. The first-order chi connectivity index (χ1) is 10.0. The van der Waals surface area contributed by atoms with Crippen LogP contribution in [-0.4, -0.2) is 6.61 Å². The summed E-state index contributed by atoms with van der Waals surface area (Å²) in [7, 11) is 0. The summed E-state index contributed by atoms with van der Waals surface area (Å²) >= 11 is 3.32. The van der Waals surface area contributed by atoms with Gasteiger partial charge in [-0.1, -0.05) is 35.0 Å². The lowest BCUT2D eigenvalue weighted by molar-refractivity contribution is 0.317. The molecule has 2 aromatic carbocycles. The van der Waals surface area contributed by atoms with Crippen LogP contribution < -0.4 is 4.74 Å². The van der Waals surface area contributed by atoms with Gasteiger partial charge in [-0.3, -0.25) is 0 Å². The molecule has 1 nitrogen and oxygen atoms in total. The van der Waals surface area contributed by atoms with E-state index in [4.69, 9.17) is 4.74 Å². The van der Waals surface area contributed by atoms with Crippen molar-refractivity contribution in [3.8, 4) is 5.75 Å². The van der Waals surface area contributed by atoms with Gasteiger partial charge in [0.1, 0.15) is 11.6 Å². The van der Waals surface area contributed by atoms with Crippen LogP contribution in [-0.2, 0) is 0 Å². The monoisotopic (exact) mass is 358 g/mol. The summed E-state index contributed by atoms with van der Waals surface area (Å²) in [5.41, 5.74) is 0.745. The van der Waals surface area contributed by atoms with Crippen LogP contribution in [0, 0.1) is 17.5 Å². The smallest absolute Gasteiger partial charge is 0.161 e. The third kappa shape index (κ3) is 3.79. The summed E-state index contributed by atoms with van der Waals surface area (Å²) in [6.07, 6.45) is 0.875. The van der Waals surface area contributed by atoms with E-state index < -0.39 is 22.3 Å². The van der Waals surface area contributed by atoms with Crippen LogP contribution in [0.4, 0.5) is 13.2 Å². The average Bonchev–Trinajstić information content (AvgIpc) is 2.48. The van der Waals surface area contributed by atoms with E-state index in [0.29, 0.717) is 24.0 Å². The molecule has 112 valence electrons. The van der Waals surface area contributed by atoms with Crippen LogP contribution in [0.15, 0.2) is 36.4 Å². The van der Waals surface area contributed by atoms with Crippen LogP contribution in [0.2, 0.25) is 0 Å². The summed E-state index contributed by atoms with van der Waals surface area (Å²) < 4.78 is 45.6. The maximum atomic E-state index is 13.8. The lowest BCUT2D eigenvalue weighted by atomic mass is 10.0. The van der Waals surface area contributed by atoms with Gasteiger partial charge >= 0.3 is 0 Å². The Kier molecular flexibility index (Phi) is 5.28. The first-order valence-corrected chi connectivity index (χ1v) is 7.45. The molecule has 0 aliphatic rings. The Morgan fingerprint density at radius 2 is 1.76 bits per heavy atom. The molecule has 2 rings (SSSR count). The van der Waals surface area contributed by atoms with Gasteiger partial charge in [0.25, 0.3) is 0 Å². The van der Waals surface area contributed by atoms with Crippen molar-refractivity contribution in [1.29, 1.82) is 0 Å². The van der Waals surface area contributed by atoms with Gasteiger partial charge in [-0.25, -0.2) is 13.2 Å². The number of benzene rings is 2. The van der Waals surface area contributed by atoms with E-state index in [0.717, 1.165) is 12.5 Å². The maximum absolute atomic E-state index is 13.8. The van der Waals surface area contributed by atoms with Crippen molar-refractivity contribution in [2.24, 2.45) is 0 Å². The number of hydrogen-bond donors (Lipinski definition) is 0. The van der Waals surface area contributed by atoms with Gasteiger partial charge in [0.15, 0.2) is 11.6 Å². The fourth-order valence-corrected chi connectivity index (χ4v) is 2.53. The zero-order valence-corrected chi connectivity index (χ0v) is 13.0. The molecule has 0 fully saturated rings. The molecule has 0 aliphatic heterocycles. The molecule has 1 unspecified atom stereocenters. The minimum Gasteiger partial charge on any atom is -0.494 e. The van der Waals surface area contributed by atoms with Crippen molar-refractivity contribution >= 4 is 15.9 Å². The number of ether oxygens (including phenoxy) is 1. The zero-order valence-electron chi connectivity index (χ0n) is 11.4. The Bertz CT molecular complexity index is 631. The van der Waals surface area contributed by atoms with Crippen LogP contribution >= 0.6 is 15.9 Å². The van der Waals surface area contributed by atoms with Crippen molar-refractivity contribution in [2.75, 3.05) is 6.61 Å².